The SMILES string of the molecule is CC(O)c1cccc(N(C)C(=O)N(CC(=O)N(CC(=O)N(C)c2ccccc2)c2ccccc2OCC(N)=O)c2ccccc2)c1. The zero-order valence-electron chi connectivity index (χ0n) is 25.9. The first-order valence-corrected chi connectivity index (χ1v) is 14.6. The van der Waals surface area contributed by atoms with Crippen molar-refractivity contribution in [3.63, 3.8) is 0 Å². The van der Waals surface area contributed by atoms with Gasteiger partial charge in [-0.2, -0.15) is 0 Å². The van der Waals surface area contributed by atoms with Crippen molar-refractivity contribution in [3.8, 4) is 5.75 Å². The minimum Gasteiger partial charge on any atom is -0.482 e. The molecule has 46 heavy (non-hydrogen) atoms. The third-order valence-electron chi connectivity index (χ3n) is 7.26. The summed E-state index contributed by atoms with van der Waals surface area (Å²) < 4.78 is 5.62. The Kier molecular flexibility index (Phi) is 11.1. The molecule has 3 N–H and O–H groups in total. The molecule has 0 fully saturated rings. The van der Waals surface area contributed by atoms with Crippen molar-refractivity contribution in [2.75, 3.05) is 53.4 Å². The zero-order chi connectivity index (χ0) is 33.2. The van der Waals surface area contributed by atoms with Crippen LogP contribution in [-0.4, -0.2) is 62.7 Å². The zero-order valence-corrected chi connectivity index (χ0v) is 25.9. The van der Waals surface area contributed by atoms with E-state index < -0.39 is 49.6 Å². The molecule has 1 unspecified atom stereocenters. The van der Waals surface area contributed by atoms with Gasteiger partial charge in [0.05, 0.1) is 11.8 Å². The van der Waals surface area contributed by atoms with Crippen molar-refractivity contribution in [2.45, 2.75) is 13.0 Å². The fourth-order valence-electron chi connectivity index (χ4n) is 4.68. The Balaban J connectivity index is 1.71. The van der Waals surface area contributed by atoms with E-state index in [1.165, 1.54) is 19.6 Å². The molecule has 0 saturated heterocycles. The predicted molar refractivity (Wildman–Crippen MR) is 178 cm³/mol. The van der Waals surface area contributed by atoms with Gasteiger partial charge in [-0.3, -0.25) is 29.1 Å². The average Bonchev–Trinajstić information content (AvgIpc) is 3.08. The Labute approximate surface area is 268 Å². The molecule has 4 aromatic carbocycles. The third-order valence-corrected chi connectivity index (χ3v) is 7.26. The van der Waals surface area contributed by atoms with Crippen molar-refractivity contribution in [1.82, 2.24) is 0 Å². The van der Waals surface area contributed by atoms with E-state index >= 15 is 0 Å². The van der Waals surface area contributed by atoms with Crippen LogP contribution < -0.4 is 30.1 Å². The van der Waals surface area contributed by atoms with E-state index in [-0.39, 0.29) is 11.4 Å². The molecule has 4 aromatic rings. The van der Waals surface area contributed by atoms with E-state index in [1.54, 1.807) is 124 Å². The maximum Gasteiger partial charge on any atom is 0.329 e. The molecular weight excluding hydrogens is 586 g/mol. The van der Waals surface area contributed by atoms with Gasteiger partial charge in [0.25, 0.3) is 5.91 Å². The molecule has 0 aliphatic carbocycles. The first-order valence-electron chi connectivity index (χ1n) is 14.6. The highest BCUT2D eigenvalue weighted by Crippen LogP contribution is 2.30. The number of primary amides is 1. The van der Waals surface area contributed by atoms with Crippen LogP contribution in [-0.2, 0) is 14.4 Å². The average molecular weight is 624 g/mol. The van der Waals surface area contributed by atoms with Gasteiger partial charge in [0.2, 0.25) is 11.8 Å². The van der Waals surface area contributed by atoms with Gasteiger partial charge < -0.3 is 20.5 Å². The molecule has 0 spiro atoms. The summed E-state index contributed by atoms with van der Waals surface area (Å²) in [5, 5.41) is 10.1. The summed E-state index contributed by atoms with van der Waals surface area (Å²) in [5.74, 6) is -1.55. The van der Waals surface area contributed by atoms with E-state index in [2.05, 4.69) is 0 Å². The molecule has 4 rings (SSSR count). The lowest BCUT2D eigenvalue weighted by molar-refractivity contribution is -0.121. The summed E-state index contributed by atoms with van der Waals surface area (Å²) in [6.07, 6.45) is -0.743. The van der Waals surface area contributed by atoms with E-state index in [4.69, 9.17) is 10.5 Å². The Bertz CT molecular complexity index is 1660. The Morgan fingerprint density at radius 2 is 1.26 bits per heavy atom. The second-order valence-corrected chi connectivity index (χ2v) is 10.5. The first kappa shape index (κ1) is 33.2. The van der Waals surface area contributed by atoms with Crippen LogP contribution in [0.15, 0.2) is 109 Å². The van der Waals surface area contributed by atoms with Crippen molar-refractivity contribution in [2.24, 2.45) is 5.73 Å². The van der Waals surface area contributed by atoms with Crippen molar-refractivity contribution in [3.05, 3.63) is 115 Å². The van der Waals surface area contributed by atoms with Gasteiger partial charge in [0, 0.05) is 31.2 Å². The molecule has 0 aliphatic heterocycles. The standard InChI is InChI=1S/C35H37N5O6/c1-25(41)26-13-12-18-29(21-26)38(3)35(45)39(28-16-8-5-9-17-28)23-34(44)40(22-33(43)37(2)27-14-6-4-7-15-27)30-19-10-11-20-31(30)46-24-32(36)42/h4-21,25,41H,22-24H2,1-3H3,(H2,36,42). The predicted octanol–water partition coefficient (Wildman–Crippen LogP) is 4.36. The molecule has 0 bridgehead atoms. The number of hydrogen-bond acceptors (Lipinski definition) is 6. The molecule has 0 aromatic heterocycles. The van der Waals surface area contributed by atoms with Crippen LogP contribution >= 0.6 is 0 Å². The molecule has 0 aliphatic rings. The largest absolute Gasteiger partial charge is 0.482 e. The van der Waals surface area contributed by atoms with Crippen molar-refractivity contribution >= 4 is 46.5 Å². The van der Waals surface area contributed by atoms with E-state index in [0.29, 0.717) is 22.6 Å². The van der Waals surface area contributed by atoms with E-state index in [9.17, 15) is 24.3 Å². The maximum atomic E-state index is 14.3. The molecule has 11 nitrogen and oxygen atoms in total. The highest BCUT2D eigenvalue weighted by atomic mass is 16.5. The number of rotatable bonds is 12. The van der Waals surface area contributed by atoms with Gasteiger partial charge in [0.1, 0.15) is 18.8 Å². The van der Waals surface area contributed by atoms with Crippen LogP contribution in [0.25, 0.3) is 0 Å². The lowest BCUT2D eigenvalue weighted by atomic mass is 10.1. The number of likely N-dealkylation sites (N-methyl/N-ethyl adjacent to an activating group) is 1. The van der Waals surface area contributed by atoms with Crippen LogP contribution in [0.1, 0.15) is 18.6 Å². The quantitative estimate of drug-likeness (QED) is 0.241. The molecule has 5 amide bonds. The summed E-state index contributed by atoms with van der Waals surface area (Å²) >= 11 is 0. The molecular formula is C35H37N5O6. The van der Waals surface area contributed by atoms with Gasteiger partial charge in [-0.05, 0) is 61.0 Å². The van der Waals surface area contributed by atoms with Gasteiger partial charge in [0.15, 0.2) is 6.61 Å². The highest BCUT2D eigenvalue weighted by molar-refractivity contribution is 6.11. The minimum absolute atomic E-state index is 0.162. The summed E-state index contributed by atoms with van der Waals surface area (Å²) in [6.45, 7) is 0.341. The van der Waals surface area contributed by atoms with Crippen LogP contribution in [0.5, 0.6) is 5.75 Å². The summed E-state index contributed by atoms with van der Waals surface area (Å²) in [6, 6.07) is 30.5. The number of ether oxygens (including phenoxy) is 1. The van der Waals surface area contributed by atoms with Gasteiger partial charge in [-0.1, -0.05) is 60.7 Å². The molecule has 0 radical (unpaired) electrons. The fourth-order valence-corrected chi connectivity index (χ4v) is 4.68. The van der Waals surface area contributed by atoms with Crippen molar-refractivity contribution < 1.29 is 29.0 Å². The molecule has 0 heterocycles. The number of carbonyl (C=O) groups excluding carboxylic acids is 4. The van der Waals surface area contributed by atoms with Crippen LogP contribution in [0.2, 0.25) is 0 Å². The highest BCUT2D eigenvalue weighted by Gasteiger charge is 2.30. The van der Waals surface area contributed by atoms with Crippen LogP contribution in [0, 0.1) is 0 Å². The Hall–Kier alpha value is -5.68. The number of para-hydroxylation sites is 4. The Morgan fingerprint density at radius 3 is 1.89 bits per heavy atom. The first-order chi connectivity index (χ1) is 22.1. The second kappa shape index (κ2) is 15.4. The minimum atomic E-state index is -0.743. The smallest absolute Gasteiger partial charge is 0.329 e. The maximum absolute atomic E-state index is 14.3. The van der Waals surface area contributed by atoms with Gasteiger partial charge >= 0.3 is 6.03 Å². The van der Waals surface area contributed by atoms with Gasteiger partial charge in [-0.25, -0.2) is 4.79 Å². The topological polar surface area (TPSA) is 137 Å². The number of nitrogens with two attached hydrogens (primary N) is 1. The number of benzene rings is 4. The number of hydrogen-bond donors (Lipinski definition) is 2. The monoisotopic (exact) mass is 623 g/mol. The molecule has 1 atom stereocenters. The Morgan fingerprint density at radius 1 is 0.696 bits per heavy atom. The molecule has 0 saturated carbocycles. The van der Waals surface area contributed by atoms with Crippen LogP contribution in [0.4, 0.5) is 27.5 Å². The van der Waals surface area contributed by atoms with Gasteiger partial charge in [-0.15, -0.1) is 0 Å². The van der Waals surface area contributed by atoms with E-state index in [0.717, 1.165) is 0 Å². The molecule has 238 valence electrons. The summed E-state index contributed by atoms with van der Waals surface area (Å²) in [4.78, 5) is 58.8. The number of aliphatic hydroxyl groups is 1. The second-order valence-electron chi connectivity index (χ2n) is 10.5. The number of urea groups is 1. The summed E-state index contributed by atoms with van der Waals surface area (Å²) in [5.41, 5.74) is 7.74. The lowest BCUT2D eigenvalue weighted by Gasteiger charge is -2.32. The lowest BCUT2D eigenvalue weighted by Crippen LogP contribution is -2.50. The normalized spacial score (nSPS) is 11.2. The van der Waals surface area contributed by atoms with Crippen LogP contribution in [0.3, 0.4) is 0 Å². The number of carbonyl (C=O) groups is 4. The third kappa shape index (κ3) is 8.27. The fraction of sp³-hybridized carbons (Fsp3) is 0.200. The number of amides is 5. The number of aliphatic hydroxyl groups excluding tert-OH is 1. The molecule has 11 heteroatoms. The van der Waals surface area contributed by atoms with Crippen molar-refractivity contribution in [1.29, 1.82) is 0 Å². The van der Waals surface area contributed by atoms with E-state index in [1.807, 2.05) is 6.07 Å². The number of nitrogens with zero attached hydrogens (tertiary/aromatic N) is 4. The summed E-state index contributed by atoms with van der Waals surface area (Å²) in [7, 11) is 3.18. The number of anilines is 4.